The minimum Gasteiger partial charge on any atom is -0.506 e. The first-order valence-corrected chi connectivity index (χ1v) is 12.6. The zero-order valence-corrected chi connectivity index (χ0v) is 22.0. The number of amidine groups is 1. The predicted molar refractivity (Wildman–Crippen MR) is 144 cm³/mol. The zero-order valence-electron chi connectivity index (χ0n) is 18.0. The standard InChI is InChI=1S/C25H19Br2N3O3S/c1-16(10-17-6-3-2-4-7-17)11-22-24(32)30(15-20-8-5-9-33-20)25(34-22)29-28-14-18-12-19(26)13-21(27)23(18)31/h2-14,31H,15H2,1H3/b16-10+,22-11-,28-14-,29-25+. The molecule has 0 saturated carbocycles. The molecule has 1 fully saturated rings. The molecular weight excluding hydrogens is 582 g/mol. The van der Waals surface area contributed by atoms with Gasteiger partial charge in [-0.1, -0.05) is 52.3 Å². The second kappa shape index (κ2) is 11.0. The number of thioether (sulfide) groups is 1. The number of amides is 1. The van der Waals surface area contributed by atoms with Crippen LogP contribution >= 0.6 is 43.6 Å². The number of carbonyl (C=O) groups is 1. The lowest BCUT2D eigenvalue weighted by atomic mass is 10.1. The summed E-state index contributed by atoms with van der Waals surface area (Å²) < 4.78 is 6.75. The Hall–Kier alpha value is -2.88. The van der Waals surface area contributed by atoms with Crippen LogP contribution in [0.1, 0.15) is 23.8 Å². The number of hydrogen-bond acceptors (Lipinski definition) is 6. The van der Waals surface area contributed by atoms with E-state index in [1.54, 1.807) is 30.5 Å². The topological polar surface area (TPSA) is 78.4 Å². The Balaban J connectivity index is 1.63. The van der Waals surface area contributed by atoms with Crippen LogP contribution in [0.15, 0.2) is 101 Å². The number of benzene rings is 2. The summed E-state index contributed by atoms with van der Waals surface area (Å²) in [6.07, 6.45) is 6.86. The average molecular weight is 601 g/mol. The van der Waals surface area contributed by atoms with Crippen LogP contribution in [0.4, 0.5) is 0 Å². The SMILES string of the molecule is CC(/C=C1\S/C(=N/N=C\c2cc(Br)cc(Br)c2O)N(Cc2ccco2)C1=O)=C\c1ccccc1. The Morgan fingerprint density at radius 1 is 1.18 bits per heavy atom. The first-order chi connectivity index (χ1) is 16.4. The molecule has 1 aliphatic heterocycles. The summed E-state index contributed by atoms with van der Waals surface area (Å²) in [5.41, 5.74) is 2.47. The molecule has 0 unspecified atom stereocenters. The van der Waals surface area contributed by atoms with Gasteiger partial charge in [0, 0.05) is 10.0 Å². The molecule has 1 saturated heterocycles. The van der Waals surface area contributed by atoms with Crippen molar-refractivity contribution in [2.75, 3.05) is 0 Å². The molecule has 6 nitrogen and oxygen atoms in total. The van der Waals surface area contributed by atoms with Crippen molar-refractivity contribution in [3.8, 4) is 5.75 Å². The average Bonchev–Trinajstić information content (AvgIpc) is 3.42. The smallest absolute Gasteiger partial charge is 0.267 e. The zero-order chi connectivity index (χ0) is 24.1. The maximum absolute atomic E-state index is 13.2. The number of phenols is 1. The molecule has 0 spiro atoms. The summed E-state index contributed by atoms with van der Waals surface area (Å²) >= 11 is 7.94. The van der Waals surface area contributed by atoms with E-state index in [9.17, 15) is 9.90 Å². The second-order valence-corrected chi connectivity index (χ2v) is 10.1. The second-order valence-electron chi connectivity index (χ2n) is 7.33. The van der Waals surface area contributed by atoms with Crippen molar-refractivity contribution in [1.29, 1.82) is 0 Å². The highest BCUT2D eigenvalue weighted by Gasteiger charge is 2.34. The van der Waals surface area contributed by atoms with E-state index in [1.165, 1.54) is 22.9 Å². The first kappa shape index (κ1) is 24.3. The quantitative estimate of drug-likeness (QED) is 0.188. The van der Waals surface area contributed by atoms with E-state index < -0.39 is 0 Å². The van der Waals surface area contributed by atoms with Gasteiger partial charge < -0.3 is 9.52 Å². The minimum atomic E-state index is -0.177. The molecule has 3 aromatic rings. The lowest BCUT2D eigenvalue weighted by Crippen LogP contribution is -2.28. The highest BCUT2D eigenvalue weighted by molar-refractivity contribution is 9.11. The number of phenolic OH excluding ortho intramolecular Hbond substituents is 1. The van der Waals surface area contributed by atoms with E-state index in [-0.39, 0.29) is 18.2 Å². The van der Waals surface area contributed by atoms with E-state index in [4.69, 9.17) is 4.42 Å². The summed E-state index contributed by atoms with van der Waals surface area (Å²) in [7, 11) is 0. The van der Waals surface area contributed by atoms with Crippen molar-refractivity contribution < 1.29 is 14.3 Å². The number of aromatic hydroxyl groups is 1. The number of hydrogen-bond donors (Lipinski definition) is 1. The van der Waals surface area contributed by atoms with Gasteiger partial charge >= 0.3 is 0 Å². The van der Waals surface area contributed by atoms with Gasteiger partial charge in [-0.25, -0.2) is 0 Å². The first-order valence-electron chi connectivity index (χ1n) is 10.2. The normalized spacial score (nSPS) is 17.0. The maximum Gasteiger partial charge on any atom is 0.267 e. The van der Waals surface area contributed by atoms with Gasteiger partial charge in [-0.3, -0.25) is 9.69 Å². The van der Waals surface area contributed by atoms with Crippen LogP contribution in [0, 0.1) is 0 Å². The van der Waals surface area contributed by atoms with Gasteiger partial charge in [-0.15, -0.1) is 5.10 Å². The maximum atomic E-state index is 13.2. The van der Waals surface area contributed by atoms with Crippen LogP contribution in [0.3, 0.4) is 0 Å². The van der Waals surface area contributed by atoms with Crippen molar-refractivity contribution in [3.05, 3.63) is 103 Å². The van der Waals surface area contributed by atoms with Crippen LogP contribution < -0.4 is 0 Å². The Morgan fingerprint density at radius 2 is 1.97 bits per heavy atom. The van der Waals surface area contributed by atoms with Gasteiger partial charge in [-0.05, 0) is 76.1 Å². The monoisotopic (exact) mass is 599 g/mol. The van der Waals surface area contributed by atoms with Crippen molar-refractivity contribution in [2.45, 2.75) is 13.5 Å². The fraction of sp³-hybridized carbons (Fsp3) is 0.0800. The van der Waals surface area contributed by atoms with Crippen LogP contribution in [0.5, 0.6) is 5.75 Å². The molecule has 0 radical (unpaired) electrons. The van der Waals surface area contributed by atoms with E-state index in [1.807, 2.05) is 49.4 Å². The van der Waals surface area contributed by atoms with E-state index in [2.05, 4.69) is 42.1 Å². The molecule has 34 heavy (non-hydrogen) atoms. The Bertz CT molecular complexity index is 1320. The molecule has 0 aliphatic carbocycles. The molecule has 172 valence electrons. The van der Waals surface area contributed by atoms with Crippen molar-refractivity contribution in [1.82, 2.24) is 4.90 Å². The van der Waals surface area contributed by atoms with Crippen molar-refractivity contribution in [3.63, 3.8) is 0 Å². The highest BCUT2D eigenvalue weighted by Crippen LogP contribution is 2.34. The lowest BCUT2D eigenvalue weighted by Gasteiger charge is -2.12. The number of nitrogens with zero attached hydrogens (tertiary/aromatic N) is 3. The summed E-state index contributed by atoms with van der Waals surface area (Å²) in [4.78, 5) is 15.3. The minimum absolute atomic E-state index is 0.0528. The molecular formula is C25H19Br2N3O3S. The van der Waals surface area contributed by atoms with Crippen molar-refractivity contribution in [2.24, 2.45) is 10.2 Å². The van der Waals surface area contributed by atoms with Gasteiger partial charge in [0.05, 0.1) is 28.4 Å². The molecule has 1 aromatic heterocycles. The summed E-state index contributed by atoms with van der Waals surface area (Å²) in [5.74, 6) is 0.512. The molecule has 1 aliphatic rings. The number of carbonyl (C=O) groups excluding carboxylic acids is 1. The fourth-order valence-corrected chi connectivity index (χ4v) is 5.41. The number of rotatable bonds is 6. The predicted octanol–water partition coefficient (Wildman–Crippen LogP) is 6.96. The molecule has 1 amide bonds. The molecule has 2 aromatic carbocycles. The Morgan fingerprint density at radius 3 is 2.71 bits per heavy atom. The van der Waals surface area contributed by atoms with E-state index in [0.29, 0.717) is 25.9 Å². The van der Waals surface area contributed by atoms with Crippen LogP contribution in [-0.2, 0) is 11.3 Å². The highest BCUT2D eigenvalue weighted by atomic mass is 79.9. The molecule has 1 N–H and O–H groups in total. The van der Waals surface area contributed by atoms with Gasteiger partial charge in [0.2, 0.25) is 0 Å². The molecule has 2 heterocycles. The van der Waals surface area contributed by atoms with E-state index in [0.717, 1.165) is 15.6 Å². The largest absolute Gasteiger partial charge is 0.506 e. The third-order valence-corrected chi connectivity index (χ3v) is 6.79. The Labute approximate surface area is 218 Å². The van der Waals surface area contributed by atoms with Gasteiger partial charge in [-0.2, -0.15) is 5.10 Å². The van der Waals surface area contributed by atoms with Gasteiger partial charge in [0.1, 0.15) is 11.5 Å². The number of halogens is 2. The fourth-order valence-electron chi connectivity index (χ4n) is 3.17. The molecule has 9 heteroatoms. The third-order valence-electron chi connectivity index (χ3n) is 4.73. The number of allylic oxidation sites excluding steroid dienone is 2. The molecule has 4 rings (SSSR count). The summed E-state index contributed by atoms with van der Waals surface area (Å²) in [6, 6.07) is 16.9. The van der Waals surface area contributed by atoms with Crippen LogP contribution in [0.25, 0.3) is 6.08 Å². The molecule has 0 bridgehead atoms. The van der Waals surface area contributed by atoms with Gasteiger partial charge in [0.25, 0.3) is 5.91 Å². The third kappa shape index (κ3) is 5.97. The van der Waals surface area contributed by atoms with Crippen molar-refractivity contribution >= 4 is 67.0 Å². The number of furan rings is 1. The van der Waals surface area contributed by atoms with Crippen LogP contribution in [-0.4, -0.2) is 27.3 Å². The van der Waals surface area contributed by atoms with Gasteiger partial charge in [0.15, 0.2) is 5.17 Å². The summed E-state index contributed by atoms with van der Waals surface area (Å²) in [5, 5.41) is 19.1. The summed E-state index contributed by atoms with van der Waals surface area (Å²) in [6.45, 7) is 2.19. The Kier molecular flexibility index (Phi) is 7.87. The van der Waals surface area contributed by atoms with Crippen LogP contribution in [0.2, 0.25) is 0 Å². The van der Waals surface area contributed by atoms with E-state index >= 15 is 0 Å². The molecule has 0 atom stereocenters. The lowest BCUT2D eigenvalue weighted by molar-refractivity contribution is -0.122.